The Morgan fingerprint density at radius 3 is 2.44 bits per heavy atom. The number of thiazole rings is 1. The number of nitrogens with zero attached hydrogens (tertiary/aromatic N) is 2. The summed E-state index contributed by atoms with van der Waals surface area (Å²) in [5, 5.41) is 7.05. The van der Waals surface area contributed by atoms with Crippen LogP contribution in [0, 0.1) is 13.8 Å². The molecule has 1 aromatic carbocycles. The molecule has 2 rings (SSSR count). The molecule has 0 amide bonds. The van der Waals surface area contributed by atoms with Gasteiger partial charge < -0.3 is 10.6 Å². The topological polar surface area (TPSA) is 49.3 Å². The van der Waals surface area contributed by atoms with Crippen molar-refractivity contribution in [3.63, 3.8) is 0 Å². The van der Waals surface area contributed by atoms with Crippen LogP contribution < -0.4 is 10.6 Å². The molecule has 0 saturated heterocycles. The Kier molecular flexibility index (Phi) is 8.13. The van der Waals surface area contributed by atoms with Crippen molar-refractivity contribution in [2.45, 2.75) is 33.1 Å². The van der Waals surface area contributed by atoms with Crippen LogP contribution >= 0.6 is 35.3 Å². The summed E-state index contributed by atoms with van der Waals surface area (Å²) < 4.78 is 38.1. The van der Waals surface area contributed by atoms with Crippen LogP contribution in [0.5, 0.6) is 0 Å². The number of nitrogens with one attached hydrogen (secondary N) is 2. The molecule has 0 atom stereocenters. The first kappa shape index (κ1) is 21.7. The molecule has 1 heterocycles. The van der Waals surface area contributed by atoms with Crippen LogP contribution in [0.25, 0.3) is 0 Å². The minimum absolute atomic E-state index is 0. The molecule has 2 N–H and O–H groups in total. The number of benzene rings is 1. The maximum Gasteiger partial charge on any atom is 0.416 e. The Bertz CT molecular complexity index is 709. The molecule has 0 aliphatic rings. The lowest BCUT2D eigenvalue weighted by molar-refractivity contribution is -0.137. The summed E-state index contributed by atoms with van der Waals surface area (Å²) in [6.45, 7) is 4.73. The normalized spacial score (nSPS) is 11.8. The molecular formula is C16H20F3IN4S. The number of alkyl halides is 3. The molecule has 4 nitrogen and oxygen atoms in total. The van der Waals surface area contributed by atoms with Gasteiger partial charge in [-0.2, -0.15) is 13.2 Å². The number of halogens is 4. The van der Waals surface area contributed by atoms with Gasteiger partial charge in [0.25, 0.3) is 0 Å². The smallest absolute Gasteiger partial charge is 0.352 e. The zero-order valence-electron chi connectivity index (χ0n) is 14.1. The van der Waals surface area contributed by atoms with Gasteiger partial charge >= 0.3 is 6.18 Å². The van der Waals surface area contributed by atoms with E-state index in [4.69, 9.17) is 0 Å². The predicted octanol–water partition coefficient (Wildman–Crippen LogP) is 4.26. The molecule has 1 aromatic heterocycles. The second-order valence-electron chi connectivity index (χ2n) is 5.23. The molecule has 2 aromatic rings. The van der Waals surface area contributed by atoms with Gasteiger partial charge in [0.05, 0.1) is 17.8 Å². The van der Waals surface area contributed by atoms with Crippen LogP contribution in [0.2, 0.25) is 0 Å². The molecule has 0 radical (unpaired) electrons. The standard InChI is InChI=1S/C16H19F3N4S.HI/c1-10-11(2)24-14(23-10)9-22-15(20-3)21-8-12-5-4-6-13(7-12)16(17,18)19;/h4-7H,8-9H2,1-3H3,(H2,20,21,22);1H. The van der Waals surface area contributed by atoms with E-state index in [9.17, 15) is 13.2 Å². The Balaban J connectivity index is 0.00000312. The average molecular weight is 484 g/mol. The van der Waals surface area contributed by atoms with E-state index in [-0.39, 0.29) is 30.5 Å². The van der Waals surface area contributed by atoms with Crippen molar-refractivity contribution in [2.24, 2.45) is 4.99 Å². The lowest BCUT2D eigenvalue weighted by Gasteiger charge is -2.12. The van der Waals surface area contributed by atoms with Crippen LogP contribution in [0.1, 0.15) is 26.7 Å². The second kappa shape index (κ2) is 9.37. The highest BCUT2D eigenvalue weighted by Crippen LogP contribution is 2.29. The van der Waals surface area contributed by atoms with E-state index in [2.05, 4.69) is 20.6 Å². The Morgan fingerprint density at radius 1 is 1.20 bits per heavy atom. The Morgan fingerprint density at radius 2 is 1.88 bits per heavy atom. The van der Waals surface area contributed by atoms with Gasteiger partial charge in [-0.05, 0) is 31.5 Å². The maximum atomic E-state index is 12.7. The Labute approximate surface area is 166 Å². The molecule has 9 heteroatoms. The van der Waals surface area contributed by atoms with E-state index in [1.54, 1.807) is 24.5 Å². The predicted molar refractivity (Wildman–Crippen MR) is 105 cm³/mol. The van der Waals surface area contributed by atoms with Crippen LogP contribution in [0.15, 0.2) is 29.3 Å². The highest BCUT2D eigenvalue weighted by molar-refractivity contribution is 14.0. The average Bonchev–Trinajstić information content (AvgIpc) is 2.85. The molecule has 0 bridgehead atoms. The lowest BCUT2D eigenvalue weighted by Crippen LogP contribution is -2.36. The summed E-state index contributed by atoms with van der Waals surface area (Å²) in [7, 11) is 1.61. The van der Waals surface area contributed by atoms with E-state index in [1.807, 2.05) is 13.8 Å². The van der Waals surface area contributed by atoms with Gasteiger partial charge in [-0.1, -0.05) is 12.1 Å². The van der Waals surface area contributed by atoms with E-state index >= 15 is 0 Å². The van der Waals surface area contributed by atoms with E-state index in [0.29, 0.717) is 18.1 Å². The Hall–Kier alpha value is -1.36. The maximum absolute atomic E-state index is 12.7. The van der Waals surface area contributed by atoms with Gasteiger partial charge in [0.1, 0.15) is 5.01 Å². The minimum Gasteiger partial charge on any atom is -0.352 e. The second-order valence-corrected chi connectivity index (χ2v) is 6.51. The first-order valence-corrected chi connectivity index (χ1v) is 8.15. The van der Waals surface area contributed by atoms with Crippen molar-refractivity contribution >= 4 is 41.3 Å². The van der Waals surface area contributed by atoms with Gasteiger partial charge in [-0.25, -0.2) is 4.98 Å². The first-order valence-electron chi connectivity index (χ1n) is 7.33. The number of hydrogen-bond acceptors (Lipinski definition) is 3. The van der Waals surface area contributed by atoms with Crippen molar-refractivity contribution in [3.05, 3.63) is 51.0 Å². The number of rotatable bonds is 4. The molecule has 0 spiro atoms. The highest BCUT2D eigenvalue weighted by atomic mass is 127. The van der Waals surface area contributed by atoms with Gasteiger partial charge in [0, 0.05) is 18.5 Å². The van der Waals surface area contributed by atoms with Crippen molar-refractivity contribution in [1.82, 2.24) is 15.6 Å². The van der Waals surface area contributed by atoms with E-state index in [0.717, 1.165) is 22.8 Å². The SMILES string of the molecule is CN=C(NCc1cccc(C(F)(F)F)c1)NCc1nc(C)c(C)s1.I. The molecule has 0 unspecified atom stereocenters. The fourth-order valence-electron chi connectivity index (χ4n) is 2.04. The zero-order valence-corrected chi connectivity index (χ0v) is 17.2. The fourth-order valence-corrected chi connectivity index (χ4v) is 2.91. The monoisotopic (exact) mass is 484 g/mol. The zero-order chi connectivity index (χ0) is 17.7. The minimum atomic E-state index is -4.34. The third kappa shape index (κ3) is 6.46. The number of aryl methyl sites for hydroxylation is 2. The quantitative estimate of drug-likeness (QED) is 0.388. The summed E-state index contributed by atoms with van der Waals surface area (Å²) in [5.74, 6) is 0.512. The number of aliphatic imine (C=N–C) groups is 1. The van der Waals surface area contributed by atoms with Gasteiger partial charge in [0.2, 0.25) is 0 Å². The van der Waals surface area contributed by atoms with E-state index < -0.39 is 11.7 Å². The third-order valence-corrected chi connectivity index (χ3v) is 4.49. The molecule has 138 valence electrons. The highest BCUT2D eigenvalue weighted by Gasteiger charge is 2.30. The van der Waals surface area contributed by atoms with Gasteiger partial charge in [0.15, 0.2) is 5.96 Å². The molecule has 0 saturated carbocycles. The first-order chi connectivity index (χ1) is 11.3. The van der Waals surface area contributed by atoms with Crippen LogP contribution in [-0.2, 0) is 19.3 Å². The molecule has 0 aliphatic heterocycles. The van der Waals surface area contributed by atoms with Crippen molar-refractivity contribution in [1.29, 1.82) is 0 Å². The summed E-state index contributed by atoms with van der Waals surface area (Å²) >= 11 is 1.60. The largest absolute Gasteiger partial charge is 0.416 e. The van der Waals surface area contributed by atoms with Crippen LogP contribution in [-0.4, -0.2) is 18.0 Å². The summed E-state index contributed by atoms with van der Waals surface area (Å²) in [4.78, 5) is 9.65. The van der Waals surface area contributed by atoms with Crippen molar-refractivity contribution in [3.8, 4) is 0 Å². The van der Waals surface area contributed by atoms with Crippen LogP contribution in [0.4, 0.5) is 13.2 Å². The number of guanidine groups is 1. The molecule has 0 fully saturated rings. The van der Waals surface area contributed by atoms with Crippen molar-refractivity contribution in [2.75, 3.05) is 7.05 Å². The van der Waals surface area contributed by atoms with Gasteiger partial charge in [-0.3, -0.25) is 4.99 Å². The summed E-state index contributed by atoms with van der Waals surface area (Å²) in [6.07, 6.45) is -4.34. The van der Waals surface area contributed by atoms with Crippen molar-refractivity contribution < 1.29 is 13.2 Å². The lowest BCUT2D eigenvalue weighted by atomic mass is 10.1. The molecule has 0 aliphatic carbocycles. The van der Waals surface area contributed by atoms with E-state index in [1.165, 1.54) is 10.9 Å². The van der Waals surface area contributed by atoms with Crippen LogP contribution in [0.3, 0.4) is 0 Å². The van der Waals surface area contributed by atoms with Gasteiger partial charge in [-0.15, -0.1) is 35.3 Å². The fraction of sp³-hybridized carbons (Fsp3) is 0.375. The number of hydrogen-bond donors (Lipinski definition) is 2. The molecular weight excluding hydrogens is 464 g/mol. The molecule has 25 heavy (non-hydrogen) atoms. The summed E-state index contributed by atoms with van der Waals surface area (Å²) in [5.41, 5.74) is 0.885. The third-order valence-electron chi connectivity index (χ3n) is 3.42. The number of aromatic nitrogens is 1. The summed E-state index contributed by atoms with van der Waals surface area (Å²) in [6, 6.07) is 5.23.